The van der Waals surface area contributed by atoms with Gasteiger partial charge in [-0.25, -0.2) is 4.98 Å². The van der Waals surface area contributed by atoms with Crippen LogP contribution in [-0.4, -0.2) is 22.5 Å². The van der Waals surface area contributed by atoms with Gasteiger partial charge in [-0.15, -0.1) is 0 Å². The molecule has 1 unspecified atom stereocenters. The number of rotatable bonds is 2. The average molecular weight is 297 g/mol. The van der Waals surface area contributed by atoms with Gasteiger partial charge in [-0.2, -0.15) is 13.2 Å². The van der Waals surface area contributed by atoms with Crippen LogP contribution in [0.2, 0.25) is 0 Å². The minimum absolute atomic E-state index is 0.317. The van der Waals surface area contributed by atoms with Gasteiger partial charge in [0.15, 0.2) is 5.65 Å². The first kappa shape index (κ1) is 14.1. The molecule has 0 spiro atoms. The van der Waals surface area contributed by atoms with Gasteiger partial charge in [0.1, 0.15) is 0 Å². The average Bonchev–Trinajstić information content (AvgIpc) is 2.90. The second kappa shape index (κ2) is 5.14. The van der Waals surface area contributed by atoms with Crippen molar-refractivity contribution >= 4 is 5.65 Å². The Bertz CT molecular complexity index is 717. The molecule has 3 heterocycles. The van der Waals surface area contributed by atoms with E-state index in [1.807, 2.05) is 0 Å². The van der Waals surface area contributed by atoms with E-state index < -0.39 is 17.3 Å². The highest BCUT2D eigenvalue weighted by atomic mass is 19.4. The van der Waals surface area contributed by atoms with Gasteiger partial charge in [0.25, 0.3) is 5.56 Å². The lowest BCUT2D eigenvalue weighted by molar-refractivity contribution is -0.136. The fourth-order valence-corrected chi connectivity index (χ4v) is 2.68. The number of alkyl halides is 3. The highest BCUT2D eigenvalue weighted by Gasteiger charge is 2.34. The zero-order chi connectivity index (χ0) is 15.0. The summed E-state index contributed by atoms with van der Waals surface area (Å²) in [5.41, 5.74) is -1.26. The standard InChI is InChI=1S/C14H14F3N3O/c15-14(16,17)11-2-1-5-20-12(21)7-10(19-13(11)20)6-9-3-4-18-8-9/h1-2,5,7,9,18H,3-4,6,8H2. The van der Waals surface area contributed by atoms with Crippen LogP contribution >= 0.6 is 0 Å². The maximum Gasteiger partial charge on any atom is 0.419 e. The molecule has 1 N–H and O–H groups in total. The van der Waals surface area contributed by atoms with Crippen molar-refractivity contribution in [3.63, 3.8) is 0 Å². The molecule has 7 heteroatoms. The second-order valence-corrected chi connectivity index (χ2v) is 5.26. The molecule has 112 valence electrons. The van der Waals surface area contributed by atoms with Crippen molar-refractivity contribution in [2.75, 3.05) is 13.1 Å². The maximum absolute atomic E-state index is 13.0. The Labute approximate surface area is 118 Å². The third kappa shape index (κ3) is 2.78. The maximum atomic E-state index is 13.0. The van der Waals surface area contributed by atoms with Crippen LogP contribution in [0.3, 0.4) is 0 Å². The van der Waals surface area contributed by atoms with Gasteiger partial charge in [0, 0.05) is 18.0 Å². The summed E-state index contributed by atoms with van der Waals surface area (Å²) in [6, 6.07) is 3.48. The Kier molecular flexibility index (Phi) is 3.44. The van der Waals surface area contributed by atoms with E-state index in [0.29, 0.717) is 18.0 Å². The van der Waals surface area contributed by atoms with Crippen LogP contribution in [-0.2, 0) is 12.6 Å². The predicted molar refractivity (Wildman–Crippen MR) is 71.1 cm³/mol. The third-order valence-corrected chi connectivity index (χ3v) is 3.71. The van der Waals surface area contributed by atoms with Crippen LogP contribution in [0.25, 0.3) is 5.65 Å². The van der Waals surface area contributed by atoms with Crippen molar-refractivity contribution < 1.29 is 13.2 Å². The number of nitrogens with one attached hydrogen (secondary N) is 1. The SMILES string of the molecule is O=c1cc(CC2CCNC2)nc2c(C(F)(F)F)cccn12. The first-order chi connectivity index (χ1) is 9.95. The number of nitrogens with zero attached hydrogens (tertiary/aromatic N) is 2. The summed E-state index contributed by atoms with van der Waals surface area (Å²) < 4.78 is 40.0. The Morgan fingerprint density at radius 1 is 1.43 bits per heavy atom. The van der Waals surface area contributed by atoms with Crippen LogP contribution in [0.4, 0.5) is 13.2 Å². The topological polar surface area (TPSA) is 46.4 Å². The smallest absolute Gasteiger partial charge is 0.316 e. The molecular weight excluding hydrogens is 283 g/mol. The molecule has 2 aromatic heterocycles. The molecule has 3 rings (SSSR count). The van der Waals surface area contributed by atoms with Gasteiger partial charge >= 0.3 is 6.18 Å². The van der Waals surface area contributed by atoms with Crippen molar-refractivity contribution in [3.05, 3.63) is 46.0 Å². The molecule has 2 aromatic rings. The minimum Gasteiger partial charge on any atom is -0.316 e. The fraction of sp³-hybridized carbons (Fsp3) is 0.429. The number of halogens is 3. The Hall–Kier alpha value is -1.89. The zero-order valence-electron chi connectivity index (χ0n) is 11.2. The summed E-state index contributed by atoms with van der Waals surface area (Å²) in [7, 11) is 0. The number of hydrogen-bond acceptors (Lipinski definition) is 3. The van der Waals surface area contributed by atoms with E-state index in [0.717, 1.165) is 30.0 Å². The third-order valence-electron chi connectivity index (χ3n) is 3.71. The van der Waals surface area contributed by atoms with Gasteiger partial charge < -0.3 is 5.32 Å². The molecule has 0 bridgehead atoms. The Morgan fingerprint density at radius 2 is 2.24 bits per heavy atom. The molecule has 4 nitrogen and oxygen atoms in total. The summed E-state index contributed by atoms with van der Waals surface area (Å²) in [5.74, 6) is 0.317. The lowest BCUT2D eigenvalue weighted by Gasteiger charge is -2.12. The molecule has 1 aliphatic heterocycles. The van der Waals surface area contributed by atoms with Crippen LogP contribution in [0, 0.1) is 5.92 Å². The molecule has 0 aliphatic carbocycles. The van der Waals surface area contributed by atoms with Gasteiger partial charge in [0.05, 0.1) is 5.56 Å². The molecule has 0 amide bonds. The van der Waals surface area contributed by atoms with E-state index >= 15 is 0 Å². The van der Waals surface area contributed by atoms with Gasteiger partial charge in [-0.1, -0.05) is 0 Å². The number of pyridine rings is 1. The second-order valence-electron chi connectivity index (χ2n) is 5.26. The molecule has 21 heavy (non-hydrogen) atoms. The molecular formula is C14H14F3N3O. The van der Waals surface area contributed by atoms with Crippen molar-refractivity contribution in [2.45, 2.75) is 19.0 Å². The first-order valence-electron chi connectivity index (χ1n) is 6.74. The van der Waals surface area contributed by atoms with Crippen molar-refractivity contribution in [1.82, 2.24) is 14.7 Å². The fourth-order valence-electron chi connectivity index (χ4n) is 2.68. The first-order valence-corrected chi connectivity index (χ1v) is 6.74. The Morgan fingerprint density at radius 3 is 2.90 bits per heavy atom. The minimum atomic E-state index is -4.53. The molecule has 1 atom stereocenters. The van der Waals surface area contributed by atoms with E-state index in [9.17, 15) is 18.0 Å². The Balaban J connectivity index is 2.10. The monoisotopic (exact) mass is 297 g/mol. The van der Waals surface area contributed by atoms with E-state index in [2.05, 4.69) is 10.3 Å². The van der Waals surface area contributed by atoms with Gasteiger partial charge in [-0.3, -0.25) is 9.20 Å². The predicted octanol–water partition coefficient (Wildman–Crippen LogP) is 1.87. The number of aromatic nitrogens is 2. The molecule has 1 saturated heterocycles. The lowest BCUT2D eigenvalue weighted by atomic mass is 10.0. The largest absolute Gasteiger partial charge is 0.419 e. The summed E-state index contributed by atoms with van der Waals surface area (Å²) in [6.07, 6.45) is -1.76. The van der Waals surface area contributed by atoms with E-state index in [1.54, 1.807) is 0 Å². The van der Waals surface area contributed by atoms with E-state index in [-0.39, 0.29) is 5.65 Å². The van der Waals surface area contributed by atoms with Crippen molar-refractivity contribution in [3.8, 4) is 0 Å². The van der Waals surface area contributed by atoms with Crippen molar-refractivity contribution in [2.24, 2.45) is 5.92 Å². The van der Waals surface area contributed by atoms with Gasteiger partial charge in [-0.05, 0) is 44.0 Å². The van der Waals surface area contributed by atoms with Gasteiger partial charge in [0.2, 0.25) is 0 Å². The summed E-state index contributed by atoms with van der Waals surface area (Å²) in [6.45, 7) is 1.70. The van der Waals surface area contributed by atoms with Crippen LogP contribution < -0.4 is 10.9 Å². The summed E-state index contributed by atoms with van der Waals surface area (Å²) in [5, 5.41) is 3.19. The highest BCUT2D eigenvalue weighted by molar-refractivity contribution is 5.49. The highest BCUT2D eigenvalue weighted by Crippen LogP contribution is 2.31. The molecule has 1 fully saturated rings. The van der Waals surface area contributed by atoms with Crippen LogP contribution in [0.1, 0.15) is 17.7 Å². The van der Waals surface area contributed by atoms with E-state index in [1.165, 1.54) is 18.3 Å². The summed E-state index contributed by atoms with van der Waals surface area (Å²) in [4.78, 5) is 16.1. The number of hydrogen-bond donors (Lipinski definition) is 1. The van der Waals surface area contributed by atoms with Crippen molar-refractivity contribution in [1.29, 1.82) is 0 Å². The van der Waals surface area contributed by atoms with E-state index in [4.69, 9.17) is 0 Å². The zero-order valence-corrected chi connectivity index (χ0v) is 11.2. The quantitative estimate of drug-likeness (QED) is 0.920. The number of fused-ring (bicyclic) bond motifs is 1. The molecule has 1 aliphatic rings. The molecule has 0 saturated carbocycles. The molecule has 0 radical (unpaired) electrons. The molecule has 0 aromatic carbocycles. The van der Waals surface area contributed by atoms with Crippen LogP contribution in [0.5, 0.6) is 0 Å². The lowest BCUT2D eigenvalue weighted by Crippen LogP contribution is -2.20. The normalized spacial score (nSPS) is 19.3. The van der Waals surface area contributed by atoms with Crippen LogP contribution in [0.15, 0.2) is 29.2 Å². The summed E-state index contributed by atoms with van der Waals surface area (Å²) >= 11 is 0.